The summed E-state index contributed by atoms with van der Waals surface area (Å²) in [5, 5.41) is 0. The zero-order valence-electron chi connectivity index (χ0n) is 18.0. The molecule has 0 amide bonds. The number of carbonyl (C=O) groups is 1. The highest BCUT2D eigenvalue weighted by Crippen LogP contribution is 2.61. The second kappa shape index (κ2) is 10.1. The molecular weight excluding hydrogens is 315 g/mol. The van der Waals surface area contributed by atoms with Crippen molar-refractivity contribution in [3.63, 3.8) is 0 Å². The first-order chi connectivity index (χ1) is 10.9. The van der Waals surface area contributed by atoms with Gasteiger partial charge < -0.3 is 4.74 Å². The molecule has 24 heavy (non-hydrogen) atoms. The minimum Gasteiger partial charge on any atom is -0.428 e. The van der Waals surface area contributed by atoms with Crippen molar-refractivity contribution in [2.24, 2.45) is 10.8 Å². The largest absolute Gasteiger partial charge is 0.428 e. The molecule has 0 spiro atoms. The van der Waals surface area contributed by atoms with E-state index < -0.39 is 7.26 Å². The molecule has 0 fully saturated rings. The second-order valence-electron chi connectivity index (χ2n) is 9.27. The molecule has 0 aliphatic heterocycles. The van der Waals surface area contributed by atoms with E-state index in [-0.39, 0.29) is 22.6 Å². The van der Waals surface area contributed by atoms with Gasteiger partial charge in [-0.1, -0.05) is 61.3 Å². The third kappa shape index (κ3) is 7.42. The summed E-state index contributed by atoms with van der Waals surface area (Å²) in [6.07, 6.45) is 8.31. The first-order valence-electron chi connectivity index (χ1n) is 9.95. The molecule has 0 bridgehead atoms. The highest BCUT2D eigenvalue weighted by atomic mass is 31.2. The average molecular weight is 360 g/mol. The van der Waals surface area contributed by atoms with Crippen LogP contribution in [0.3, 0.4) is 0 Å². The summed E-state index contributed by atoms with van der Waals surface area (Å²) in [5.41, 5.74) is 0.408. The van der Waals surface area contributed by atoms with Crippen molar-refractivity contribution in [1.82, 2.24) is 0 Å². The van der Waals surface area contributed by atoms with Crippen LogP contribution >= 0.6 is 7.26 Å². The Labute approximate surface area is 152 Å². The molecule has 0 aromatic carbocycles. The zero-order chi connectivity index (χ0) is 19.0. The van der Waals surface area contributed by atoms with Gasteiger partial charge >= 0.3 is 5.97 Å². The summed E-state index contributed by atoms with van der Waals surface area (Å²) in [6, 6.07) is 0. The lowest BCUT2D eigenvalue weighted by Crippen LogP contribution is -2.38. The minimum absolute atomic E-state index is 0.00938. The van der Waals surface area contributed by atoms with Crippen molar-refractivity contribution in [2.45, 2.75) is 99.3 Å². The van der Waals surface area contributed by atoms with Crippen LogP contribution in [-0.2, 0) is 9.53 Å². The molecule has 0 aliphatic carbocycles. The van der Waals surface area contributed by atoms with Crippen LogP contribution in [0.5, 0.6) is 0 Å². The monoisotopic (exact) mass is 359 g/mol. The molecule has 1 atom stereocenters. The maximum atomic E-state index is 12.3. The molecule has 0 heterocycles. The van der Waals surface area contributed by atoms with Gasteiger partial charge in [-0.25, -0.2) is 0 Å². The fourth-order valence-electron chi connectivity index (χ4n) is 3.36. The summed E-state index contributed by atoms with van der Waals surface area (Å²) in [6.45, 7) is 20.8. The van der Waals surface area contributed by atoms with Crippen LogP contribution < -0.4 is 0 Å². The SMILES string of the molecule is CCCCC(=O)OC(CC(C)(C)C(C)(C)CCC)[P+](C)(C)CCC. The highest BCUT2D eigenvalue weighted by molar-refractivity contribution is 7.75. The fourth-order valence-corrected chi connectivity index (χ4v) is 6.15. The summed E-state index contributed by atoms with van der Waals surface area (Å²) < 4.78 is 6.09. The number of esters is 1. The Bertz CT molecular complexity index is 372. The predicted molar refractivity (Wildman–Crippen MR) is 110 cm³/mol. The molecule has 0 saturated carbocycles. The summed E-state index contributed by atoms with van der Waals surface area (Å²) in [5.74, 6) is 0.114. The summed E-state index contributed by atoms with van der Waals surface area (Å²) in [4.78, 5) is 12.3. The number of hydrogen-bond acceptors (Lipinski definition) is 2. The molecule has 0 aromatic rings. The Balaban J connectivity index is 5.29. The van der Waals surface area contributed by atoms with E-state index in [9.17, 15) is 4.79 Å². The van der Waals surface area contributed by atoms with E-state index in [1.54, 1.807) is 0 Å². The Morgan fingerprint density at radius 2 is 1.54 bits per heavy atom. The normalized spacial score (nSPS) is 14.5. The van der Waals surface area contributed by atoms with Gasteiger partial charge in [-0.05, 0) is 30.1 Å². The van der Waals surface area contributed by atoms with Crippen molar-refractivity contribution in [3.8, 4) is 0 Å². The van der Waals surface area contributed by atoms with E-state index in [2.05, 4.69) is 61.8 Å². The maximum Gasteiger partial charge on any atom is 0.308 e. The molecule has 1 unspecified atom stereocenters. The van der Waals surface area contributed by atoms with Gasteiger partial charge in [0.1, 0.15) is 0 Å². The minimum atomic E-state index is -1.27. The van der Waals surface area contributed by atoms with Crippen LogP contribution in [0, 0.1) is 10.8 Å². The van der Waals surface area contributed by atoms with E-state index in [1.165, 1.54) is 25.4 Å². The van der Waals surface area contributed by atoms with Gasteiger partial charge in [0.05, 0.1) is 26.8 Å². The van der Waals surface area contributed by atoms with Crippen LogP contribution in [0.15, 0.2) is 0 Å². The first kappa shape index (κ1) is 23.9. The quantitative estimate of drug-likeness (QED) is 0.278. The number of hydrogen-bond donors (Lipinski definition) is 0. The van der Waals surface area contributed by atoms with Crippen molar-refractivity contribution < 1.29 is 9.53 Å². The van der Waals surface area contributed by atoms with Crippen LogP contribution in [0.25, 0.3) is 0 Å². The first-order valence-corrected chi connectivity index (χ1v) is 12.9. The number of rotatable bonds is 12. The Hall–Kier alpha value is -0.100. The number of carbonyl (C=O) groups excluding carboxylic acids is 1. The van der Waals surface area contributed by atoms with Crippen molar-refractivity contribution in [3.05, 3.63) is 0 Å². The standard InChI is InChI=1S/C21H44O2P/c1-10-13-14-18(22)23-19(24(8,9)16-12-3)17-21(6,7)20(4,5)15-11-2/h19H,10-17H2,1-9H3/q+1. The third-order valence-electron chi connectivity index (χ3n) is 5.97. The maximum absolute atomic E-state index is 12.3. The van der Waals surface area contributed by atoms with Crippen molar-refractivity contribution >= 4 is 13.2 Å². The van der Waals surface area contributed by atoms with E-state index >= 15 is 0 Å². The van der Waals surface area contributed by atoms with Crippen LogP contribution in [0.4, 0.5) is 0 Å². The number of unbranched alkanes of at least 4 members (excludes halogenated alkanes) is 1. The Morgan fingerprint density at radius 1 is 0.958 bits per heavy atom. The molecule has 3 heteroatoms. The van der Waals surface area contributed by atoms with Gasteiger partial charge in [-0.2, -0.15) is 0 Å². The van der Waals surface area contributed by atoms with Crippen molar-refractivity contribution in [2.75, 3.05) is 19.5 Å². The second-order valence-corrected chi connectivity index (χ2v) is 13.9. The van der Waals surface area contributed by atoms with E-state index in [4.69, 9.17) is 4.74 Å². The van der Waals surface area contributed by atoms with E-state index in [1.807, 2.05) is 0 Å². The van der Waals surface area contributed by atoms with Crippen LogP contribution in [0.2, 0.25) is 0 Å². The molecule has 0 aromatic heterocycles. The lowest BCUT2D eigenvalue weighted by Gasteiger charge is -2.44. The highest BCUT2D eigenvalue weighted by Gasteiger charge is 2.46. The zero-order valence-corrected chi connectivity index (χ0v) is 18.9. The molecule has 0 saturated heterocycles. The lowest BCUT2D eigenvalue weighted by molar-refractivity contribution is -0.147. The molecule has 0 rings (SSSR count). The van der Waals surface area contributed by atoms with Crippen LogP contribution in [-0.4, -0.2) is 31.3 Å². The molecule has 144 valence electrons. The lowest BCUT2D eigenvalue weighted by atomic mass is 9.64. The van der Waals surface area contributed by atoms with E-state index in [0.29, 0.717) is 6.42 Å². The molecular formula is C21H44O2P+. The molecule has 0 radical (unpaired) electrons. The summed E-state index contributed by atoms with van der Waals surface area (Å²) >= 11 is 0. The van der Waals surface area contributed by atoms with Crippen LogP contribution in [0.1, 0.15) is 93.4 Å². The topological polar surface area (TPSA) is 26.3 Å². The molecule has 2 nitrogen and oxygen atoms in total. The summed E-state index contributed by atoms with van der Waals surface area (Å²) in [7, 11) is -1.27. The predicted octanol–water partition coefficient (Wildman–Crippen LogP) is 6.98. The van der Waals surface area contributed by atoms with Gasteiger partial charge in [0.2, 0.25) is 5.85 Å². The smallest absolute Gasteiger partial charge is 0.308 e. The van der Waals surface area contributed by atoms with Gasteiger partial charge in [-0.3, -0.25) is 4.79 Å². The Morgan fingerprint density at radius 3 is 2.00 bits per heavy atom. The van der Waals surface area contributed by atoms with Gasteiger partial charge in [0.15, 0.2) is 0 Å². The average Bonchev–Trinajstić information content (AvgIpc) is 2.43. The third-order valence-corrected chi connectivity index (χ3v) is 9.42. The van der Waals surface area contributed by atoms with Gasteiger partial charge in [0, 0.05) is 12.8 Å². The Kier molecular flexibility index (Phi) is 10.1. The van der Waals surface area contributed by atoms with Gasteiger partial charge in [-0.15, -0.1) is 0 Å². The molecule has 0 aliphatic rings. The van der Waals surface area contributed by atoms with Crippen molar-refractivity contribution in [1.29, 1.82) is 0 Å². The van der Waals surface area contributed by atoms with E-state index in [0.717, 1.165) is 19.3 Å². The van der Waals surface area contributed by atoms with Gasteiger partial charge in [0.25, 0.3) is 0 Å². The molecule has 0 N–H and O–H groups in total. The number of ether oxygens (including phenoxy) is 1. The fraction of sp³-hybridized carbons (Fsp3) is 0.952.